The van der Waals surface area contributed by atoms with Crippen molar-refractivity contribution in [1.82, 2.24) is 10.2 Å². The number of nitrogens with two attached hydrogens (primary N) is 1. The highest BCUT2D eigenvalue weighted by Gasteiger charge is 2.10. The van der Waals surface area contributed by atoms with Gasteiger partial charge in [0.15, 0.2) is 0 Å². The molecule has 0 aromatic heterocycles. The highest BCUT2D eigenvalue weighted by Crippen LogP contribution is 1.94. The number of carbonyl (C=O) groups is 1. The Morgan fingerprint density at radius 3 is 2.90 bits per heavy atom. The molecule has 1 saturated heterocycles. The SMILES string of the molecule is NC(=O)N1CCC[N]CC1. The van der Waals surface area contributed by atoms with Crippen molar-refractivity contribution >= 4 is 6.03 Å². The summed E-state index contributed by atoms with van der Waals surface area (Å²) in [4.78, 5) is 12.2. The Kier molecular flexibility index (Phi) is 2.50. The second kappa shape index (κ2) is 3.41. The largest absolute Gasteiger partial charge is 0.351 e. The van der Waals surface area contributed by atoms with Crippen LogP contribution in [-0.4, -0.2) is 37.1 Å². The molecule has 57 valence electrons. The first-order valence-electron chi connectivity index (χ1n) is 3.48. The minimum absolute atomic E-state index is 0.322. The van der Waals surface area contributed by atoms with Crippen LogP contribution in [0.1, 0.15) is 6.42 Å². The lowest BCUT2D eigenvalue weighted by Gasteiger charge is -2.15. The first kappa shape index (κ1) is 7.34. The van der Waals surface area contributed by atoms with Crippen molar-refractivity contribution in [3.05, 3.63) is 0 Å². The Morgan fingerprint density at radius 2 is 2.20 bits per heavy atom. The number of hydrogen-bond acceptors (Lipinski definition) is 1. The van der Waals surface area contributed by atoms with Crippen LogP contribution in [0.25, 0.3) is 0 Å². The van der Waals surface area contributed by atoms with Gasteiger partial charge < -0.3 is 10.6 Å². The summed E-state index contributed by atoms with van der Waals surface area (Å²) >= 11 is 0. The van der Waals surface area contributed by atoms with E-state index in [4.69, 9.17) is 5.73 Å². The molecule has 0 aliphatic carbocycles. The Bertz CT molecular complexity index is 118. The quantitative estimate of drug-likeness (QED) is 0.481. The van der Waals surface area contributed by atoms with Gasteiger partial charge in [-0.1, -0.05) is 0 Å². The smallest absolute Gasteiger partial charge is 0.314 e. The van der Waals surface area contributed by atoms with Gasteiger partial charge in [0.25, 0.3) is 0 Å². The van der Waals surface area contributed by atoms with Gasteiger partial charge in [0, 0.05) is 26.2 Å². The molecule has 2 N–H and O–H groups in total. The first-order chi connectivity index (χ1) is 4.80. The average Bonchev–Trinajstić information content (AvgIpc) is 2.12. The molecule has 1 fully saturated rings. The lowest BCUT2D eigenvalue weighted by molar-refractivity contribution is 0.211. The fraction of sp³-hybridized carbons (Fsp3) is 0.833. The van der Waals surface area contributed by atoms with Crippen LogP contribution in [0.2, 0.25) is 0 Å². The lowest BCUT2D eigenvalue weighted by atomic mass is 10.4. The van der Waals surface area contributed by atoms with Crippen LogP contribution in [0.15, 0.2) is 0 Å². The van der Waals surface area contributed by atoms with E-state index >= 15 is 0 Å². The predicted octanol–water partition coefficient (Wildman–Crippen LogP) is -0.625. The van der Waals surface area contributed by atoms with Gasteiger partial charge in [-0.05, 0) is 6.42 Å². The predicted molar refractivity (Wildman–Crippen MR) is 37.6 cm³/mol. The number of hydrogen-bond donors (Lipinski definition) is 1. The van der Waals surface area contributed by atoms with Crippen molar-refractivity contribution in [2.24, 2.45) is 5.73 Å². The zero-order chi connectivity index (χ0) is 7.40. The fourth-order valence-corrected chi connectivity index (χ4v) is 1.01. The molecule has 0 bridgehead atoms. The molecule has 1 aliphatic heterocycles. The van der Waals surface area contributed by atoms with Crippen LogP contribution in [0.3, 0.4) is 0 Å². The summed E-state index contributed by atoms with van der Waals surface area (Å²) in [6, 6.07) is -0.322. The zero-order valence-corrected chi connectivity index (χ0v) is 5.92. The normalized spacial score (nSPS) is 20.2. The van der Waals surface area contributed by atoms with E-state index in [0.717, 1.165) is 26.1 Å². The van der Waals surface area contributed by atoms with Gasteiger partial charge in [0.05, 0.1) is 0 Å². The van der Waals surface area contributed by atoms with E-state index in [9.17, 15) is 4.79 Å². The maximum Gasteiger partial charge on any atom is 0.314 e. The average molecular weight is 142 g/mol. The second-order valence-corrected chi connectivity index (χ2v) is 2.35. The lowest BCUT2D eigenvalue weighted by Crippen LogP contribution is -2.37. The van der Waals surface area contributed by atoms with Gasteiger partial charge in [-0.15, -0.1) is 0 Å². The molecular weight excluding hydrogens is 130 g/mol. The number of amides is 2. The van der Waals surface area contributed by atoms with Crippen LogP contribution >= 0.6 is 0 Å². The van der Waals surface area contributed by atoms with E-state index in [1.54, 1.807) is 4.90 Å². The summed E-state index contributed by atoms with van der Waals surface area (Å²) in [5.41, 5.74) is 5.08. The first-order valence-corrected chi connectivity index (χ1v) is 3.48. The van der Waals surface area contributed by atoms with Gasteiger partial charge in [-0.25, -0.2) is 10.1 Å². The van der Waals surface area contributed by atoms with E-state index in [-0.39, 0.29) is 6.03 Å². The standard InChI is InChI=1S/C6H12N3O/c7-6(10)9-4-1-2-8-3-5-9/h1-5H2,(H2,7,10). The monoisotopic (exact) mass is 142 g/mol. The van der Waals surface area contributed by atoms with Gasteiger partial charge >= 0.3 is 6.03 Å². The number of rotatable bonds is 0. The number of nitrogens with zero attached hydrogens (tertiary/aromatic N) is 2. The molecule has 4 heteroatoms. The third-order valence-corrected chi connectivity index (χ3v) is 1.58. The molecule has 0 atom stereocenters. The van der Waals surface area contributed by atoms with Crippen LogP contribution in [-0.2, 0) is 0 Å². The number of urea groups is 1. The molecule has 1 heterocycles. The van der Waals surface area contributed by atoms with E-state index in [1.165, 1.54) is 0 Å². The highest BCUT2D eigenvalue weighted by atomic mass is 16.2. The maximum atomic E-state index is 10.6. The molecule has 1 aliphatic rings. The molecule has 4 nitrogen and oxygen atoms in total. The zero-order valence-electron chi connectivity index (χ0n) is 5.92. The van der Waals surface area contributed by atoms with Crippen LogP contribution in [0.5, 0.6) is 0 Å². The molecule has 0 spiro atoms. The molecule has 0 unspecified atom stereocenters. The van der Waals surface area contributed by atoms with Crippen molar-refractivity contribution in [1.29, 1.82) is 0 Å². The number of primary amides is 1. The van der Waals surface area contributed by atoms with Crippen LogP contribution in [0.4, 0.5) is 4.79 Å². The number of carbonyl (C=O) groups excluding carboxylic acids is 1. The van der Waals surface area contributed by atoms with Crippen LogP contribution < -0.4 is 11.1 Å². The minimum Gasteiger partial charge on any atom is -0.351 e. The third kappa shape index (κ3) is 1.88. The topological polar surface area (TPSA) is 60.4 Å². The van der Waals surface area contributed by atoms with Gasteiger partial charge in [-0.2, -0.15) is 0 Å². The Morgan fingerprint density at radius 1 is 1.40 bits per heavy atom. The fourth-order valence-electron chi connectivity index (χ4n) is 1.01. The Labute approximate surface area is 60.4 Å². The van der Waals surface area contributed by atoms with E-state index in [0.29, 0.717) is 6.54 Å². The molecule has 2 amide bonds. The summed E-state index contributed by atoms with van der Waals surface area (Å²) < 4.78 is 0. The maximum absolute atomic E-state index is 10.6. The molecule has 1 rings (SSSR count). The van der Waals surface area contributed by atoms with Crippen molar-refractivity contribution in [3.8, 4) is 0 Å². The van der Waals surface area contributed by atoms with E-state index in [2.05, 4.69) is 5.32 Å². The van der Waals surface area contributed by atoms with Crippen LogP contribution in [0, 0.1) is 0 Å². The second-order valence-electron chi connectivity index (χ2n) is 2.35. The summed E-state index contributed by atoms with van der Waals surface area (Å²) in [5, 5.41) is 4.15. The van der Waals surface area contributed by atoms with Crippen molar-refractivity contribution in [2.45, 2.75) is 6.42 Å². The summed E-state index contributed by atoms with van der Waals surface area (Å²) in [5.74, 6) is 0. The minimum atomic E-state index is -0.322. The Hall–Kier alpha value is -0.770. The van der Waals surface area contributed by atoms with Crippen molar-refractivity contribution in [3.63, 3.8) is 0 Å². The molecule has 0 aromatic carbocycles. The van der Waals surface area contributed by atoms with Crippen molar-refractivity contribution in [2.75, 3.05) is 26.2 Å². The highest BCUT2D eigenvalue weighted by molar-refractivity contribution is 5.71. The Balaban J connectivity index is 2.35. The van der Waals surface area contributed by atoms with Gasteiger partial charge in [-0.3, -0.25) is 0 Å². The van der Waals surface area contributed by atoms with E-state index < -0.39 is 0 Å². The molecule has 1 radical (unpaired) electrons. The molecule has 0 saturated carbocycles. The molecular formula is C6H12N3O. The summed E-state index contributed by atoms with van der Waals surface area (Å²) in [7, 11) is 0. The van der Waals surface area contributed by atoms with E-state index in [1.807, 2.05) is 0 Å². The van der Waals surface area contributed by atoms with Gasteiger partial charge in [0.2, 0.25) is 0 Å². The van der Waals surface area contributed by atoms with Gasteiger partial charge in [0.1, 0.15) is 0 Å². The third-order valence-electron chi connectivity index (χ3n) is 1.58. The molecule has 10 heavy (non-hydrogen) atoms. The van der Waals surface area contributed by atoms with Crippen molar-refractivity contribution < 1.29 is 4.79 Å². The molecule has 0 aromatic rings. The summed E-state index contributed by atoms with van der Waals surface area (Å²) in [6.07, 6.45) is 0.947. The summed E-state index contributed by atoms with van der Waals surface area (Å²) in [6.45, 7) is 3.06.